The van der Waals surface area contributed by atoms with Gasteiger partial charge in [-0.15, -0.1) is 37.2 Å². The third kappa shape index (κ3) is 20.8. The summed E-state index contributed by atoms with van der Waals surface area (Å²) in [7, 11) is 0. The number of carbonyl (C=O) groups excluding carboxylic acids is 2. The van der Waals surface area contributed by atoms with Crippen LogP contribution in [0.3, 0.4) is 0 Å². The minimum absolute atomic E-state index is 0. The lowest BCUT2D eigenvalue weighted by Crippen LogP contribution is -2.35. The molecule has 4 aromatic rings. The zero-order valence-electron chi connectivity index (χ0n) is 37.8. The van der Waals surface area contributed by atoms with Crippen molar-refractivity contribution in [2.75, 3.05) is 72.8 Å². The monoisotopic (exact) mass is 1010 g/mol. The maximum atomic E-state index is 12.1. The lowest BCUT2D eigenvalue weighted by Gasteiger charge is -2.18. The molecule has 0 aromatic heterocycles. The second kappa shape index (κ2) is 30.3. The van der Waals surface area contributed by atoms with Gasteiger partial charge in [0, 0.05) is 143 Å². The molecule has 68 heavy (non-hydrogen) atoms. The Hall–Kier alpha value is -6.10. The highest BCUT2D eigenvalue weighted by Gasteiger charge is 2.24. The molecular weight excluding hydrogens is 950 g/mol. The fourth-order valence-corrected chi connectivity index (χ4v) is 7.33. The molecule has 0 saturated carbocycles. The summed E-state index contributed by atoms with van der Waals surface area (Å²) >= 11 is 0. The number of rotatable bonds is 8. The van der Waals surface area contributed by atoms with Gasteiger partial charge in [-0.2, -0.15) is 0 Å². The van der Waals surface area contributed by atoms with Crippen molar-refractivity contribution in [3.05, 3.63) is 133 Å². The summed E-state index contributed by atoms with van der Waals surface area (Å²) < 4.78 is 12.1. The SMILES string of the molecule is CC(=O)NC1CCN(c2ccc([N+](=O)[O-])cc2)C1.CC(=O)NC1CCNC1.Cl.Cl.Cl.NC1CCN(c2ccc([N+](=O)[O-])cc2)C1.Nc1ccc(N2CCC(N)C2)cc1.O=[N+]([O-])c1ccc(F)cc1. The van der Waals surface area contributed by atoms with E-state index in [4.69, 9.17) is 17.2 Å². The maximum absolute atomic E-state index is 12.1. The molecule has 4 unspecified atom stereocenters. The van der Waals surface area contributed by atoms with Crippen molar-refractivity contribution in [2.24, 2.45) is 11.5 Å². The van der Waals surface area contributed by atoms with E-state index in [9.17, 15) is 44.3 Å². The van der Waals surface area contributed by atoms with Gasteiger partial charge < -0.3 is 47.9 Å². The molecule has 4 saturated heterocycles. The predicted octanol–water partition coefficient (Wildman–Crippen LogP) is 5.73. The second-order valence-electron chi connectivity index (χ2n) is 15.9. The fourth-order valence-electron chi connectivity index (χ4n) is 7.33. The predicted molar refractivity (Wildman–Crippen MR) is 271 cm³/mol. The average Bonchev–Trinajstić information content (AvgIpc) is 4.12. The van der Waals surface area contributed by atoms with Crippen LogP contribution in [0.2, 0.25) is 0 Å². The summed E-state index contributed by atoms with van der Waals surface area (Å²) in [5.41, 5.74) is 21.3. The van der Waals surface area contributed by atoms with Gasteiger partial charge in [-0.05, 0) is 92.9 Å². The van der Waals surface area contributed by atoms with E-state index < -0.39 is 15.7 Å². The van der Waals surface area contributed by atoms with Crippen molar-refractivity contribution in [3.63, 3.8) is 0 Å². The molecular formula is C44H62Cl3FN12O8. The molecule has 0 aliphatic carbocycles. The molecule has 4 aliphatic heterocycles. The van der Waals surface area contributed by atoms with E-state index in [1.165, 1.54) is 36.9 Å². The quantitative estimate of drug-likeness (QED) is 0.0698. The highest BCUT2D eigenvalue weighted by Crippen LogP contribution is 2.25. The third-order valence-electron chi connectivity index (χ3n) is 10.7. The Balaban J connectivity index is 0.000000429. The van der Waals surface area contributed by atoms with Crippen LogP contribution in [0.15, 0.2) is 97.1 Å². The van der Waals surface area contributed by atoms with Crippen molar-refractivity contribution >= 4 is 88.8 Å². The first kappa shape index (κ1) is 59.9. The van der Waals surface area contributed by atoms with E-state index in [2.05, 4.69) is 30.7 Å². The fraction of sp³-hybridized carbons (Fsp3) is 0.409. The summed E-state index contributed by atoms with van der Waals surface area (Å²) in [6.07, 6.45) is 4.04. The van der Waals surface area contributed by atoms with Crippen LogP contribution >= 0.6 is 37.2 Å². The van der Waals surface area contributed by atoms with E-state index in [1.54, 1.807) is 31.2 Å². The number of nitrogen functional groups attached to an aromatic ring is 1. The van der Waals surface area contributed by atoms with Crippen LogP contribution in [0.4, 0.5) is 44.2 Å². The Labute approximate surface area is 413 Å². The lowest BCUT2D eigenvalue weighted by molar-refractivity contribution is -0.385. The van der Waals surface area contributed by atoms with Gasteiger partial charge in [0.2, 0.25) is 11.8 Å². The Kier molecular flexibility index (Phi) is 26.7. The molecule has 0 radical (unpaired) electrons. The van der Waals surface area contributed by atoms with Crippen molar-refractivity contribution in [3.8, 4) is 0 Å². The molecule has 24 heteroatoms. The van der Waals surface area contributed by atoms with Gasteiger partial charge in [0.25, 0.3) is 17.1 Å². The Morgan fingerprint density at radius 2 is 0.926 bits per heavy atom. The van der Waals surface area contributed by atoms with Gasteiger partial charge in [-0.1, -0.05) is 0 Å². The average molecular weight is 1010 g/mol. The number of nitro groups is 3. The topological polar surface area (TPSA) is 287 Å². The first-order valence-corrected chi connectivity index (χ1v) is 21.2. The van der Waals surface area contributed by atoms with Crippen molar-refractivity contribution in [2.45, 2.75) is 63.7 Å². The molecule has 374 valence electrons. The van der Waals surface area contributed by atoms with Crippen LogP contribution in [0.25, 0.3) is 0 Å². The van der Waals surface area contributed by atoms with E-state index in [-0.39, 0.29) is 83.1 Å². The number of amides is 2. The zero-order valence-corrected chi connectivity index (χ0v) is 40.3. The Bertz CT molecular complexity index is 2160. The highest BCUT2D eigenvalue weighted by atomic mass is 35.5. The molecule has 4 fully saturated rings. The van der Waals surface area contributed by atoms with Gasteiger partial charge in [-0.3, -0.25) is 39.9 Å². The van der Waals surface area contributed by atoms with Crippen LogP contribution in [0, 0.1) is 36.2 Å². The Morgan fingerprint density at radius 3 is 1.26 bits per heavy atom. The smallest absolute Gasteiger partial charge is 0.269 e. The first-order valence-electron chi connectivity index (χ1n) is 21.2. The van der Waals surface area contributed by atoms with Crippen LogP contribution in [-0.4, -0.2) is 103 Å². The van der Waals surface area contributed by atoms with E-state index >= 15 is 0 Å². The summed E-state index contributed by atoms with van der Waals surface area (Å²) in [6.45, 7) is 10.4. The molecule has 4 atom stereocenters. The molecule has 8 rings (SSSR count). The van der Waals surface area contributed by atoms with Crippen LogP contribution < -0.4 is 47.9 Å². The van der Waals surface area contributed by atoms with Crippen molar-refractivity contribution in [1.29, 1.82) is 0 Å². The highest BCUT2D eigenvalue weighted by molar-refractivity contribution is 5.86. The first-order chi connectivity index (χ1) is 31.0. The molecule has 4 heterocycles. The molecule has 4 aromatic carbocycles. The number of non-ortho nitro benzene ring substituents is 3. The normalized spacial score (nSPS) is 18.6. The van der Waals surface area contributed by atoms with Gasteiger partial charge in [0.15, 0.2) is 0 Å². The molecule has 0 spiro atoms. The van der Waals surface area contributed by atoms with E-state index in [0.717, 1.165) is 119 Å². The lowest BCUT2D eigenvalue weighted by atomic mass is 10.2. The number of nitrogens with one attached hydrogen (secondary N) is 3. The number of nitrogens with two attached hydrogens (primary N) is 3. The maximum Gasteiger partial charge on any atom is 0.269 e. The number of anilines is 4. The van der Waals surface area contributed by atoms with Crippen LogP contribution in [0.5, 0.6) is 0 Å². The molecule has 4 aliphatic rings. The van der Waals surface area contributed by atoms with Gasteiger partial charge in [0.1, 0.15) is 5.82 Å². The van der Waals surface area contributed by atoms with E-state index in [0.29, 0.717) is 12.1 Å². The number of carbonyl (C=O) groups is 2. The zero-order chi connectivity index (χ0) is 47.5. The van der Waals surface area contributed by atoms with Gasteiger partial charge >= 0.3 is 0 Å². The van der Waals surface area contributed by atoms with Crippen LogP contribution in [0.1, 0.15) is 39.5 Å². The molecule has 2 amide bonds. The number of hydrogen-bond donors (Lipinski definition) is 6. The second-order valence-corrected chi connectivity index (χ2v) is 15.9. The number of nitrogens with zero attached hydrogens (tertiary/aromatic N) is 6. The van der Waals surface area contributed by atoms with Gasteiger partial charge in [-0.25, -0.2) is 4.39 Å². The number of hydrogen-bond acceptors (Lipinski definition) is 15. The van der Waals surface area contributed by atoms with Crippen LogP contribution in [-0.2, 0) is 9.59 Å². The van der Waals surface area contributed by atoms with Gasteiger partial charge in [0.05, 0.1) is 14.8 Å². The minimum atomic E-state index is -0.570. The molecule has 0 bridgehead atoms. The standard InChI is InChI=1S/C12H15N3O3.C10H13N3O2.C10H15N3.C6H4FNO2.C6H12N2O.3ClH/c1-9(16)13-10-6-7-14(8-10)11-2-4-12(5-3-11)15(17)18;11-8-5-6-12(7-8)9-1-3-10(4-2-9)13(14)15;11-8-1-3-10(4-2-8)13-6-5-9(12)7-13;7-5-1-3-6(4-2-5)8(9)10;1-5(9)8-6-2-3-7-4-6;;;/h2-5,10H,6-8H2,1H3,(H,13,16);1-4,8H,5-7,11H2;1-4,9H,5-7,11-12H2;1-4H;6-7H,2-4H2,1H3,(H,8,9);3*1H. The van der Waals surface area contributed by atoms with Crippen molar-refractivity contribution < 1.29 is 28.7 Å². The summed E-state index contributed by atoms with van der Waals surface area (Å²) in [4.78, 5) is 57.6. The van der Waals surface area contributed by atoms with E-state index in [1.807, 2.05) is 24.3 Å². The summed E-state index contributed by atoms with van der Waals surface area (Å²) in [6, 6.07) is 26.5. The molecule has 20 nitrogen and oxygen atoms in total. The minimum Gasteiger partial charge on any atom is -0.399 e. The third-order valence-corrected chi connectivity index (χ3v) is 10.7. The molecule has 9 N–H and O–H groups in total. The summed E-state index contributed by atoms with van der Waals surface area (Å²) in [5, 5.41) is 39.9. The number of benzene rings is 4. The summed E-state index contributed by atoms with van der Waals surface area (Å²) in [5.74, 6) is -0.417. The number of nitro benzene ring substituents is 3. The number of halogens is 4. The largest absolute Gasteiger partial charge is 0.399 e. The Morgan fingerprint density at radius 1 is 0.574 bits per heavy atom. The van der Waals surface area contributed by atoms with Crippen molar-refractivity contribution in [1.82, 2.24) is 16.0 Å².